The highest BCUT2D eigenvalue weighted by atomic mass is 16.5. The first-order valence-electron chi connectivity index (χ1n) is 8.14. The number of ether oxygens (including phenoxy) is 1. The van der Waals surface area contributed by atoms with E-state index in [1.165, 1.54) is 0 Å². The smallest absolute Gasteiger partial charge is 0.222 e. The third kappa shape index (κ3) is 4.04. The van der Waals surface area contributed by atoms with E-state index in [1.54, 1.807) is 4.68 Å². The highest BCUT2D eigenvalue weighted by Crippen LogP contribution is 2.24. The summed E-state index contributed by atoms with van der Waals surface area (Å²) in [6, 6.07) is 0.538. The average molecular weight is 324 g/mol. The summed E-state index contributed by atoms with van der Waals surface area (Å²) in [6.07, 6.45) is 2.07. The van der Waals surface area contributed by atoms with Crippen molar-refractivity contribution in [3.8, 4) is 0 Å². The number of aromatic nitrogens is 4. The summed E-state index contributed by atoms with van der Waals surface area (Å²) in [4.78, 5) is 14.5. The van der Waals surface area contributed by atoms with Crippen LogP contribution in [0.3, 0.4) is 0 Å². The largest absolute Gasteiger partial charge is 0.396 e. The first kappa shape index (κ1) is 16.3. The van der Waals surface area contributed by atoms with Gasteiger partial charge in [-0.25, -0.2) is 4.68 Å². The predicted octanol–water partition coefficient (Wildman–Crippen LogP) is -1.29. The lowest BCUT2D eigenvalue weighted by molar-refractivity contribution is -0.122. The zero-order chi connectivity index (χ0) is 16.2. The second kappa shape index (κ2) is 7.33. The molecule has 1 aromatic rings. The molecule has 1 amide bonds. The van der Waals surface area contributed by atoms with Crippen molar-refractivity contribution in [3.05, 3.63) is 5.82 Å². The van der Waals surface area contributed by atoms with Gasteiger partial charge in [0.1, 0.15) is 5.82 Å². The van der Waals surface area contributed by atoms with Crippen LogP contribution in [-0.2, 0) is 16.1 Å². The maximum Gasteiger partial charge on any atom is 0.222 e. The van der Waals surface area contributed by atoms with E-state index in [9.17, 15) is 4.79 Å². The number of nitrogens with one attached hydrogen (secondary N) is 1. The van der Waals surface area contributed by atoms with Gasteiger partial charge < -0.3 is 15.2 Å². The van der Waals surface area contributed by atoms with Crippen LogP contribution in [0, 0.1) is 6.92 Å². The Morgan fingerprint density at radius 2 is 2.35 bits per heavy atom. The molecular formula is C14H24N6O3. The Labute approximate surface area is 135 Å². The lowest BCUT2D eigenvalue weighted by Crippen LogP contribution is -2.46. The van der Waals surface area contributed by atoms with Gasteiger partial charge >= 0.3 is 0 Å². The molecule has 0 spiro atoms. The minimum Gasteiger partial charge on any atom is -0.396 e. The van der Waals surface area contributed by atoms with Gasteiger partial charge in [-0.2, -0.15) is 0 Å². The number of nitrogens with zero attached hydrogens (tertiary/aromatic N) is 5. The van der Waals surface area contributed by atoms with E-state index < -0.39 is 0 Å². The Balaban J connectivity index is 1.43. The summed E-state index contributed by atoms with van der Waals surface area (Å²) in [5.74, 6) is 0.737. The molecule has 3 atom stereocenters. The fourth-order valence-corrected chi connectivity index (χ4v) is 3.33. The number of tetrazole rings is 1. The van der Waals surface area contributed by atoms with Crippen LogP contribution in [-0.4, -0.2) is 80.6 Å². The Kier molecular flexibility index (Phi) is 5.19. The monoisotopic (exact) mass is 324 g/mol. The van der Waals surface area contributed by atoms with Crippen molar-refractivity contribution in [2.24, 2.45) is 0 Å². The summed E-state index contributed by atoms with van der Waals surface area (Å²) in [5, 5.41) is 23.3. The van der Waals surface area contributed by atoms with Crippen molar-refractivity contribution in [1.82, 2.24) is 30.4 Å². The van der Waals surface area contributed by atoms with Gasteiger partial charge in [0, 0.05) is 38.2 Å². The number of aliphatic hydroxyl groups excluding tert-OH is 1. The standard InChI is InChI=1S/C14H24N6O3/c1-10-16-17-18-20(10)4-2-14(22)15-11-6-12-9-23-13(3-5-21)8-19(12)7-11/h11-13,21H,2-9H2,1H3,(H,15,22)/t11-,12-,13-/m0/s1. The fraction of sp³-hybridized carbons (Fsp3) is 0.857. The van der Waals surface area contributed by atoms with Crippen molar-refractivity contribution in [2.45, 2.75) is 50.9 Å². The summed E-state index contributed by atoms with van der Waals surface area (Å²) in [7, 11) is 0. The molecule has 0 radical (unpaired) electrons. The van der Waals surface area contributed by atoms with Crippen molar-refractivity contribution in [2.75, 3.05) is 26.3 Å². The second-order valence-electron chi connectivity index (χ2n) is 6.27. The molecule has 2 fully saturated rings. The summed E-state index contributed by atoms with van der Waals surface area (Å²) in [5.41, 5.74) is 0. The van der Waals surface area contributed by atoms with Crippen molar-refractivity contribution < 1.29 is 14.6 Å². The van der Waals surface area contributed by atoms with E-state index in [0.29, 0.717) is 37.9 Å². The molecule has 23 heavy (non-hydrogen) atoms. The van der Waals surface area contributed by atoms with E-state index in [2.05, 4.69) is 25.7 Å². The maximum atomic E-state index is 12.1. The molecule has 0 aromatic carbocycles. The lowest BCUT2D eigenvalue weighted by atomic mass is 10.1. The molecular weight excluding hydrogens is 300 g/mol. The number of morpholine rings is 1. The molecule has 0 bridgehead atoms. The molecule has 9 nitrogen and oxygen atoms in total. The number of hydrogen-bond acceptors (Lipinski definition) is 7. The first-order valence-corrected chi connectivity index (χ1v) is 8.14. The quantitative estimate of drug-likeness (QED) is 0.671. The number of amides is 1. The van der Waals surface area contributed by atoms with Gasteiger partial charge in [-0.3, -0.25) is 9.69 Å². The topological polar surface area (TPSA) is 105 Å². The van der Waals surface area contributed by atoms with Crippen LogP contribution in [0.25, 0.3) is 0 Å². The zero-order valence-corrected chi connectivity index (χ0v) is 13.4. The van der Waals surface area contributed by atoms with Crippen molar-refractivity contribution in [3.63, 3.8) is 0 Å². The predicted molar refractivity (Wildman–Crippen MR) is 80.5 cm³/mol. The molecule has 9 heteroatoms. The number of fused-ring (bicyclic) bond motifs is 1. The molecule has 2 aliphatic rings. The fourth-order valence-electron chi connectivity index (χ4n) is 3.33. The van der Waals surface area contributed by atoms with Gasteiger partial charge in [-0.1, -0.05) is 0 Å². The van der Waals surface area contributed by atoms with Crippen LogP contribution in [0.5, 0.6) is 0 Å². The highest BCUT2D eigenvalue weighted by molar-refractivity contribution is 5.76. The SMILES string of the molecule is Cc1nnnn1CCC(=O)N[C@H]1C[C@H]2CO[C@@H](CCO)CN2C1. The molecule has 2 aliphatic heterocycles. The molecule has 0 saturated carbocycles. The van der Waals surface area contributed by atoms with Gasteiger partial charge in [0.2, 0.25) is 5.91 Å². The highest BCUT2D eigenvalue weighted by Gasteiger charge is 2.37. The minimum atomic E-state index is 0.0255. The molecule has 1 aromatic heterocycles. The number of rotatable bonds is 6. The average Bonchev–Trinajstić information content (AvgIpc) is 3.10. The zero-order valence-electron chi connectivity index (χ0n) is 13.4. The molecule has 128 valence electrons. The van der Waals surface area contributed by atoms with E-state index in [-0.39, 0.29) is 24.7 Å². The second-order valence-corrected chi connectivity index (χ2v) is 6.27. The number of carbonyl (C=O) groups is 1. The van der Waals surface area contributed by atoms with Crippen molar-refractivity contribution in [1.29, 1.82) is 0 Å². The molecule has 2 N–H and O–H groups in total. The summed E-state index contributed by atoms with van der Waals surface area (Å²) in [6.45, 7) is 4.83. The van der Waals surface area contributed by atoms with Crippen molar-refractivity contribution >= 4 is 5.91 Å². The molecule has 0 unspecified atom stereocenters. The Morgan fingerprint density at radius 1 is 1.48 bits per heavy atom. The van der Waals surface area contributed by atoms with Crippen LogP contribution in [0.2, 0.25) is 0 Å². The number of aliphatic hydroxyl groups is 1. The third-order valence-corrected chi connectivity index (χ3v) is 4.57. The maximum absolute atomic E-state index is 12.1. The van der Waals surface area contributed by atoms with Crippen LogP contribution in [0.15, 0.2) is 0 Å². The Hall–Kier alpha value is -1.58. The number of carbonyl (C=O) groups excluding carboxylic acids is 1. The molecule has 0 aliphatic carbocycles. The van der Waals surface area contributed by atoms with E-state index in [1.807, 2.05) is 6.92 Å². The Bertz CT molecular complexity index is 536. The van der Waals surface area contributed by atoms with Crippen LogP contribution in [0.1, 0.15) is 25.1 Å². The molecule has 2 saturated heterocycles. The summed E-state index contributed by atoms with van der Waals surface area (Å²) < 4.78 is 7.39. The molecule has 3 heterocycles. The number of aryl methyl sites for hydroxylation is 2. The molecule has 3 rings (SSSR count). The van der Waals surface area contributed by atoms with Gasteiger partial charge in [0.15, 0.2) is 0 Å². The summed E-state index contributed by atoms with van der Waals surface area (Å²) >= 11 is 0. The van der Waals surface area contributed by atoms with E-state index >= 15 is 0 Å². The van der Waals surface area contributed by atoms with Gasteiger partial charge in [-0.05, 0) is 30.2 Å². The van der Waals surface area contributed by atoms with Crippen LogP contribution >= 0.6 is 0 Å². The van der Waals surface area contributed by atoms with Gasteiger partial charge in [-0.15, -0.1) is 5.10 Å². The van der Waals surface area contributed by atoms with E-state index in [0.717, 1.165) is 19.5 Å². The first-order chi connectivity index (χ1) is 11.2. The lowest BCUT2D eigenvalue weighted by Gasteiger charge is -2.34. The normalized spacial score (nSPS) is 27.8. The van der Waals surface area contributed by atoms with E-state index in [4.69, 9.17) is 9.84 Å². The number of hydrogen-bond donors (Lipinski definition) is 2. The van der Waals surface area contributed by atoms with Gasteiger partial charge in [0.25, 0.3) is 0 Å². The minimum absolute atomic E-state index is 0.0255. The van der Waals surface area contributed by atoms with Gasteiger partial charge in [0.05, 0.1) is 19.3 Å². The third-order valence-electron chi connectivity index (χ3n) is 4.57. The Morgan fingerprint density at radius 3 is 3.09 bits per heavy atom. The van der Waals surface area contributed by atoms with Crippen LogP contribution < -0.4 is 5.32 Å². The van der Waals surface area contributed by atoms with Crippen LogP contribution in [0.4, 0.5) is 0 Å².